The Bertz CT molecular complexity index is 178. The molecule has 82 valence electrons. The number of hydrogen-bond donors (Lipinski definition) is 1. The molecule has 0 aromatic carbocycles. The highest BCUT2D eigenvalue weighted by Gasteiger charge is 2.06. The van der Waals surface area contributed by atoms with E-state index in [2.05, 4.69) is 13.8 Å². The normalized spacial score (nSPS) is 9.86. The van der Waals surface area contributed by atoms with Crippen LogP contribution in [0.2, 0.25) is 0 Å². The van der Waals surface area contributed by atoms with Crippen LogP contribution in [-0.4, -0.2) is 18.3 Å². The maximum atomic E-state index is 11.1. The van der Waals surface area contributed by atoms with Gasteiger partial charge in [0.05, 0.1) is 13.0 Å². The van der Waals surface area contributed by atoms with Crippen molar-refractivity contribution in [1.82, 2.24) is 0 Å². The average Bonchev–Trinajstić information content (AvgIpc) is 2.15. The van der Waals surface area contributed by atoms with E-state index < -0.39 is 0 Å². The number of carbonyl (C=O) groups is 1. The van der Waals surface area contributed by atoms with Crippen molar-refractivity contribution in [3.8, 4) is 0 Å². The van der Waals surface area contributed by atoms with Gasteiger partial charge < -0.3 is 10.1 Å². The fraction of sp³-hybridized carbons (Fsp3) is 0.818. The molecule has 3 nitrogen and oxygen atoms in total. The summed E-state index contributed by atoms with van der Waals surface area (Å²) in [6, 6.07) is 0. The van der Waals surface area contributed by atoms with Gasteiger partial charge in [0.15, 0.2) is 0 Å². The predicted octanol–water partition coefficient (Wildman–Crippen LogP) is 2.93. The second kappa shape index (κ2) is 8.73. The van der Waals surface area contributed by atoms with Gasteiger partial charge in [-0.25, -0.2) is 0 Å². The van der Waals surface area contributed by atoms with Crippen molar-refractivity contribution < 1.29 is 9.53 Å². The first-order valence-corrected chi connectivity index (χ1v) is 5.42. The summed E-state index contributed by atoms with van der Waals surface area (Å²) in [6.45, 7) is 4.63. The van der Waals surface area contributed by atoms with Gasteiger partial charge in [-0.2, -0.15) is 0 Å². The second-order valence-corrected chi connectivity index (χ2v) is 3.46. The molecule has 14 heavy (non-hydrogen) atoms. The topological polar surface area (TPSA) is 50.2 Å². The Kier molecular flexibility index (Phi) is 8.19. The van der Waals surface area contributed by atoms with Gasteiger partial charge >= 0.3 is 5.97 Å². The summed E-state index contributed by atoms with van der Waals surface area (Å²) in [5.41, 5.74) is 0.494. The number of unbranched alkanes of at least 4 members (excludes halogenated alkanes) is 2. The number of carbonyl (C=O) groups excluding carboxylic acids is 1. The summed E-state index contributed by atoms with van der Waals surface area (Å²) in [6.07, 6.45) is 4.88. The van der Waals surface area contributed by atoms with Crippen LogP contribution in [0.5, 0.6) is 0 Å². The molecule has 0 bridgehead atoms. The van der Waals surface area contributed by atoms with Crippen LogP contribution >= 0.6 is 0 Å². The third kappa shape index (κ3) is 7.77. The lowest BCUT2D eigenvalue weighted by atomic mass is 10.1. The summed E-state index contributed by atoms with van der Waals surface area (Å²) in [4.78, 5) is 11.1. The molecule has 0 radical (unpaired) electrons. The van der Waals surface area contributed by atoms with E-state index in [4.69, 9.17) is 10.1 Å². The van der Waals surface area contributed by atoms with Gasteiger partial charge in [0.25, 0.3) is 0 Å². The number of ether oxygens (including phenoxy) is 1. The standard InChI is InChI=1S/C11H21NO2/c1-3-5-7-10(12)9-11(13)14-8-6-4-2/h12H,3-9H2,1-2H3. The van der Waals surface area contributed by atoms with Crippen molar-refractivity contribution in [2.75, 3.05) is 6.61 Å². The van der Waals surface area contributed by atoms with Crippen molar-refractivity contribution in [1.29, 1.82) is 5.41 Å². The number of nitrogens with one attached hydrogen (secondary N) is 1. The van der Waals surface area contributed by atoms with Gasteiger partial charge in [0, 0.05) is 5.71 Å². The zero-order valence-corrected chi connectivity index (χ0v) is 9.27. The molecule has 0 unspecified atom stereocenters. The SMILES string of the molecule is CCCCOC(=O)CC(=N)CCCC. The summed E-state index contributed by atoms with van der Waals surface area (Å²) >= 11 is 0. The van der Waals surface area contributed by atoms with Crippen molar-refractivity contribution in [2.45, 2.75) is 52.4 Å². The van der Waals surface area contributed by atoms with Crippen molar-refractivity contribution >= 4 is 11.7 Å². The Balaban J connectivity index is 3.45. The average molecular weight is 199 g/mol. The lowest BCUT2D eigenvalue weighted by Gasteiger charge is -2.04. The molecule has 0 fully saturated rings. The Morgan fingerprint density at radius 3 is 2.43 bits per heavy atom. The highest BCUT2D eigenvalue weighted by Crippen LogP contribution is 2.00. The first-order chi connectivity index (χ1) is 6.70. The minimum absolute atomic E-state index is 0.170. The first-order valence-electron chi connectivity index (χ1n) is 5.42. The molecule has 0 saturated heterocycles. The fourth-order valence-electron chi connectivity index (χ4n) is 1.03. The molecule has 0 heterocycles. The van der Waals surface area contributed by atoms with Crippen LogP contribution in [0.25, 0.3) is 0 Å². The third-order valence-corrected chi connectivity index (χ3v) is 1.95. The molecule has 0 aromatic rings. The smallest absolute Gasteiger partial charge is 0.311 e. The molecule has 1 N–H and O–H groups in total. The van der Waals surface area contributed by atoms with Crippen molar-refractivity contribution in [2.24, 2.45) is 0 Å². The molecule has 0 aliphatic rings. The van der Waals surface area contributed by atoms with Gasteiger partial charge in [-0.1, -0.05) is 26.7 Å². The van der Waals surface area contributed by atoms with Gasteiger partial charge in [-0.15, -0.1) is 0 Å². The van der Waals surface area contributed by atoms with E-state index in [9.17, 15) is 4.79 Å². The van der Waals surface area contributed by atoms with Crippen LogP contribution < -0.4 is 0 Å². The van der Waals surface area contributed by atoms with E-state index in [0.29, 0.717) is 12.3 Å². The summed E-state index contributed by atoms with van der Waals surface area (Å²) in [5, 5.41) is 7.50. The largest absolute Gasteiger partial charge is 0.465 e. The van der Waals surface area contributed by atoms with Crippen molar-refractivity contribution in [3.05, 3.63) is 0 Å². The maximum absolute atomic E-state index is 11.1. The minimum Gasteiger partial charge on any atom is -0.465 e. The summed E-state index contributed by atoms with van der Waals surface area (Å²) < 4.78 is 4.95. The monoisotopic (exact) mass is 199 g/mol. The Morgan fingerprint density at radius 2 is 1.86 bits per heavy atom. The molecule has 0 aromatic heterocycles. The number of esters is 1. The number of rotatable bonds is 8. The van der Waals surface area contributed by atoms with Crippen LogP contribution in [0.3, 0.4) is 0 Å². The van der Waals surface area contributed by atoms with Gasteiger partial charge in [-0.3, -0.25) is 4.79 Å². The second-order valence-electron chi connectivity index (χ2n) is 3.46. The molecular weight excluding hydrogens is 178 g/mol. The van der Waals surface area contributed by atoms with Crippen molar-refractivity contribution in [3.63, 3.8) is 0 Å². The summed E-state index contributed by atoms with van der Waals surface area (Å²) in [5.74, 6) is -0.250. The van der Waals surface area contributed by atoms with E-state index in [1.807, 2.05) is 0 Å². The van der Waals surface area contributed by atoms with E-state index >= 15 is 0 Å². The van der Waals surface area contributed by atoms with E-state index in [1.54, 1.807) is 0 Å². The van der Waals surface area contributed by atoms with Crippen LogP contribution in [-0.2, 0) is 9.53 Å². The molecule has 0 aliphatic carbocycles. The van der Waals surface area contributed by atoms with Gasteiger partial charge in [0.2, 0.25) is 0 Å². The van der Waals surface area contributed by atoms with E-state index in [1.165, 1.54) is 0 Å². The quantitative estimate of drug-likeness (QED) is 0.371. The number of hydrogen-bond acceptors (Lipinski definition) is 3. The van der Waals surface area contributed by atoms with Gasteiger partial charge in [0.1, 0.15) is 0 Å². The fourth-order valence-corrected chi connectivity index (χ4v) is 1.03. The van der Waals surface area contributed by atoms with Crippen LogP contribution in [0.1, 0.15) is 52.4 Å². The molecule has 0 spiro atoms. The lowest BCUT2D eigenvalue weighted by molar-refractivity contribution is -0.142. The minimum atomic E-state index is -0.250. The Hall–Kier alpha value is -0.860. The molecule has 0 amide bonds. The van der Waals surface area contributed by atoms with Crippen LogP contribution in [0.15, 0.2) is 0 Å². The first kappa shape index (κ1) is 13.1. The Morgan fingerprint density at radius 1 is 1.21 bits per heavy atom. The highest BCUT2D eigenvalue weighted by atomic mass is 16.5. The predicted molar refractivity (Wildman–Crippen MR) is 57.7 cm³/mol. The van der Waals surface area contributed by atoms with Crippen LogP contribution in [0.4, 0.5) is 0 Å². The molecule has 3 heteroatoms. The lowest BCUT2D eigenvalue weighted by Crippen LogP contribution is -2.11. The van der Waals surface area contributed by atoms with E-state index in [-0.39, 0.29) is 12.4 Å². The maximum Gasteiger partial charge on any atom is 0.311 e. The van der Waals surface area contributed by atoms with Gasteiger partial charge in [-0.05, 0) is 19.3 Å². The molecular formula is C11H21NO2. The van der Waals surface area contributed by atoms with E-state index in [0.717, 1.165) is 32.1 Å². The zero-order chi connectivity index (χ0) is 10.8. The van der Waals surface area contributed by atoms with Crippen LogP contribution in [0, 0.1) is 5.41 Å². The molecule has 0 saturated carbocycles. The Labute approximate surface area is 86.3 Å². The third-order valence-electron chi connectivity index (χ3n) is 1.95. The molecule has 0 aliphatic heterocycles. The zero-order valence-electron chi connectivity index (χ0n) is 9.27. The molecule has 0 atom stereocenters. The highest BCUT2D eigenvalue weighted by molar-refractivity contribution is 5.97. The molecule has 0 rings (SSSR count). The summed E-state index contributed by atoms with van der Waals surface area (Å²) in [7, 11) is 0.